The number of ether oxygens (including phenoxy) is 2. The smallest absolute Gasteiger partial charge is 0.311 e. The molecule has 8 nitrogen and oxygen atoms in total. The quantitative estimate of drug-likeness (QED) is 0.565. The van der Waals surface area contributed by atoms with Crippen LogP contribution in [0.15, 0.2) is 0 Å². The average molecular weight is 285 g/mol. The van der Waals surface area contributed by atoms with Crippen LogP contribution in [0.2, 0.25) is 0 Å². The third kappa shape index (κ3) is 2.91. The van der Waals surface area contributed by atoms with Crippen LogP contribution in [-0.4, -0.2) is 74.2 Å². The van der Waals surface area contributed by atoms with Crippen molar-refractivity contribution < 1.29 is 23.9 Å². The molecule has 20 heavy (non-hydrogen) atoms. The molecule has 0 spiro atoms. The highest BCUT2D eigenvalue weighted by molar-refractivity contribution is 6.34. The summed E-state index contributed by atoms with van der Waals surface area (Å²) >= 11 is 0. The van der Waals surface area contributed by atoms with Gasteiger partial charge in [0.2, 0.25) is 5.91 Å². The van der Waals surface area contributed by atoms with Crippen molar-refractivity contribution in [2.45, 2.75) is 31.2 Å². The number of hydrogen-bond acceptors (Lipinski definition) is 5. The van der Waals surface area contributed by atoms with Crippen molar-refractivity contribution in [3.8, 4) is 0 Å². The lowest BCUT2D eigenvalue weighted by Crippen LogP contribution is -2.50. The first kappa shape index (κ1) is 14.7. The molecule has 0 saturated carbocycles. The van der Waals surface area contributed by atoms with Crippen molar-refractivity contribution >= 4 is 17.7 Å². The zero-order chi connectivity index (χ0) is 14.9. The third-order valence-electron chi connectivity index (χ3n) is 3.36. The fraction of sp³-hybridized carbons (Fsp3) is 0.750. The van der Waals surface area contributed by atoms with Gasteiger partial charge in [0.1, 0.15) is 12.2 Å². The maximum atomic E-state index is 11.7. The lowest BCUT2D eigenvalue weighted by atomic mass is 10.1. The first-order valence-corrected chi connectivity index (χ1v) is 6.42. The molecule has 112 valence electrons. The second-order valence-corrected chi connectivity index (χ2v) is 5.18. The van der Waals surface area contributed by atoms with Gasteiger partial charge in [-0.05, 0) is 0 Å². The molecule has 2 aliphatic heterocycles. The van der Waals surface area contributed by atoms with E-state index >= 15 is 0 Å². The fourth-order valence-corrected chi connectivity index (χ4v) is 2.44. The highest BCUT2D eigenvalue weighted by Gasteiger charge is 2.48. The topological polar surface area (TPSA) is 97.0 Å². The zero-order valence-electron chi connectivity index (χ0n) is 11.7. The summed E-state index contributed by atoms with van der Waals surface area (Å²) in [5, 5.41) is 5.36. The Morgan fingerprint density at radius 2 is 1.50 bits per heavy atom. The highest BCUT2D eigenvalue weighted by Crippen LogP contribution is 2.27. The summed E-state index contributed by atoms with van der Waals surface area (Å²) in [5.74, 6) is -1.46. The molecule has 2 aliphatic rings. The van der Waals surface area contributed by atoms with Crippen LogP contribution in [0, 0.1) is 0 Å². The Labute approximate surface area is 116 Å². The summed E-state index contributed by atoms with van der Waals surface area (Å²) in [6.45, 7) is 2.03. The Hall–Kier alpha value is -1.67. The van der Waals surface area contributed by atoms with Crippen LogP contribution in [0.3, 0.4) is 0 Å². The minimum atomic E-state index is -0.684. The minimum Gasteiger partial charge on any atom is -0.371 e. The number of nitrogens with zero attached hydrogens (tertiary/aromatic N) is 1. The summed E-state index contributed by atoms with van der Waals surface area (Å²) in [6.07, 6.45) is -0.635. The predicted molar refractivity (Wildman–Crippen MR) is 67.7 cm³/mol. The molecule has 0 unspecified atom stereocenters. The Bertz CT molecular complexity index is 425. The van der Waals surface area contributed by atoms with E-state index in [1.165, 1.54) is 25.9 Å². The van der Waals surface area contributed by atoms with Gasteiger partial charge in [0.25, 0.3) is 0 Å². The number of likely N-dealkylation sites (N-methyl/N-ethyl adjacent to an activating group) is 1. The Kier molecular flexibility index (Phi) is 4.24. The standard InChI is InChI=1S/C12H19N3O5/c1-6(16)13-7-4-19-10-8(5-20-9(7)10)14-11(17)12(18)15(2)3/h7-10H,4-5H2,1-3H3,(H,13,16)(H,14,17)/t7-,8-,9+,10+/m0/s1. The number of rotatable bonds is 2. The van der Waals surface area contributed by atoms with Crippen molar-refractivity contribution in [3.63, 3.8) is 0 Å². The summed E-state index contributed by atoms with van der Waals surface area (Å²) in [5.41, 5.74) is 0. The van der Waals surface area contributed by atoms with Crippen LogP contribution in [0.1, 0.15) is 6.92 Å². The van der Waals surface area contributed by atoms with Gasteiger partial charge < -0.3 is 25.0 Å². The molecular weight excluding hydrogens is 266 g/mol. The van der Waals surface area contributed by atoms with Crippen LogP contribution >= 0.6 is 0 Å². The largest absolute Gasteiger partial charge is 0.371 e. The Morgan fingerprint density at radius 3 is 1.95 bits per heavy atom. The van der Waals surface area contributed by atoms with Crippen molar-refractivity contribution in [3.05, 3.63) is 0 Å². The highest BCUT2D eigenvalue weighted by atomic mass is 16.6. The second kappa shape index (κ2) is 5.76. The molecule has 2 fully saturated rings. The van der Waals surface area contributed by atoms with E-state index in [1.54, 1.807) is 0 Å². The van der Waals surface area contributed by atoms with Crippen LogP contribution in [0.4, 0.5) is 0 Å². The van der Waals surface area contributed by atoms with Gasteiger partial charge in [-0.2, -0.15) is 0 Å². The van der Waals surface area contributed by atoms with Crippen LogP contribution in [-0.2, 0) is 23.9 Å². The molecule has 2 saturated heterocycles. The van der Waals surface area contributed by atoms with E-state index in [0.717, 1.165) is 0 Å². The molecular formula is C12H19N3O5. The van der Waals surface area contributed by atoms with Gasteiger partial charge in [0, 0.05) is 21.0 Å². The van der Waals surface area contributed by atoms with Gasteiger partial charge in [-0.15, -0.1) is 0 Å². The summed E-state index contributed by atoms with van der Waals surface area (Å²) in [4.78, 5) is 35.5. The second-order valence-electron chi connectivity index (χ2n) is 5.18. The van der Waals surface area contributed by atoms with Gasteiger partial charge >= 0.3 is 11.8 Å². The molecule has 0 radical (unpaired) electrons. The molecule has 0 aromatic rings. The zero-order valence-corrected chi connectivity index (χ0v) is 11.7. The molecule has 2 rings (SSSR count). The number of amides is 3. The first-order valence-electron chi connectivity index (χ1n) is 6.42. The maximum absolute atomic E-state index is 11.7. The van der Waals surface area contributed by atoms with Gasteiger partial charge in [-0.1, -0.05) is 0 Å². The number of carbonyl (C=O) groups is 3. The molecule has 2 heterocycles. The van der Waals surface area contributed by atoms with Gasteiger partial charge in [0.05, 0.1) is 25.3 Å². The van der Waals surface area contributed by atoms with E-state index in [-0.39, 0.29) is 36.8 Å². The summed E-state index contributed by atoms with van der Waals surface area (Å²) < 4.78 is 11.1. The fourth-order valence-electron chi connectivity index (χ4n) is 2.44. The first-order chi connectivity index (χ1) is 9.40. The number of nitrogens with one attached hydrogen (secondary N) is 2. The van der Waals surface area contributed by atoms with Crippen molar-refractivity contribution in [1.29, 1.82) is 0 Å². The van der Waals surface area contributed by atoms with Crippen LogP contribution < -0.4 is 10.6 Å². The maximum Gasteiger partial charge on any atom is 0.311 e. The molecule has 2 N–H and O–H groups in total. The van der Waals surface area contributed by atoms with E-state index in [0.29, 0.717) is 6.61 Å². The van der Waals surface area contributed by atoms with Gasteiger partial charge in [0.15, 0.2) is 0 Å². The molecule has 0 bridgehead atoms. The summed E-state index contributed by atoms with van der Waals surface area (Å²) in [6, 6.07) is -0.598. The monoisotopic (exact) mass is 285 g/mol. The van der Waals surface area contributed by atoms with E-state index < -0.39 is 11.8 Å². The van der Waals surface area contributed by atoms with E-state index in [2.05, 4.69) is 10.6 Å². The predicted octanol–water partition coefficient (Wildman–Crippen LogP) is -2.14. The number of hydrogen-bond donors (Lipinski definition) is 2. The lowest BCUT2D eigenvalue weighted by Gasteiger charge is -2.18. The van der Waals surface area contributed by atoms with Gasteiger partial charge in [-0.3, -0.25) is 14.4 Å². The SMILES string of the molecule is CC(=O)N[C@H]1CO[C@H]2[C@@H]1OC[C@@H]2NC(=O)C(=O)N(C)C. The normalized spacial score (nSPS) is 31.6. The van der Waals surface area contributed by atoms with Crippen molar-refractivity contribution in [2.75, 3.05) is 27.3 Å². The average Bonchev–Trinajstić information content (AvgIpc) is 2.92. The van der Waals surface area contributed by atoms with E-state index in [4.69, 9.17) is 9.47 Å². The lowest BCUT2D eigenvalue weighted by molar-refractivity contribution is -0.144. The Balaban J connectivity index is 1.92. The van der Waals surface area contributed by atoms with Crippen molar-refractivity contribution in [2.24, 2.45) is 0 Å². The number of fused-ring (bicyclic) bond motifs is 1. The minimum absolute atomic E-state index is 0.155. The van der Waals surface area contributed by atoms with Crippen LogP contribution in [0.25, 0.3) is 0 Å². The van der Waals surface area contributed by atoms with Crippen molar-refractivity contribution in [1.82, 2.24) is 15.5 Å². The molecule has 3 amide bonds. The van der Waals surface area contributed by atoms with Crippen LogP contribution in [0.5, 0.6) is 0 Å². The molecule has 8 heteroatoms. The molecule has 4 atom stereocenters. The number of carbonyl (C=O) groups excluding carboxylic acids is 3. The van der Waals surface area contributed by atoms with E-state index in [9.17, 15) is 14.4 Å². The van der Waals surface area contributed by atoms with Gasteiger partial charge in [-0.25, -0.2) is 0 Å². The molecule has 0 aliphatic carbocycles. The third-order valence-corrected chi connectivity index (χ3v) is 3.36. The summed E-state index contributed by atoms with van der Waals surface area (Å²) in [7, 11) is 3.02. The van der Waals surface area contributed by atoms with E-state index in [1.807, 2.05) is 0 Å². The molecule has 0 aromatic heterocycles. The Morgan fingerprint density at radius 1 is 1.00 bits per heavy atom. The molecule has 0 aromatic carbocycles.